The quantitative estimate of drug-likeness (QED) is 0.810. The molecule has 0 bridgehead atoms. The van der Waals surface area contributed by atoms with E-state index in [-0.39, 0.29) is 5.91 Å². The molecule has 0 N–H and O–H groups in total. The second kappa shape index (κ2) is 7.00. The lowest BCUT2D eigenvalue weighted by molar-refractivity contribution is -0.131. The number of likely N-dealkylation sites (tertiary alicyclic amines) is 1. The predicted octanol–water partition coefficient (Wildman–Crippen LogP) is 0.984. The van der Waals surface area contributed by atoms with E-state index in [4.69, 9.17) is 0 Å². The van der Waals surface area contributed by atoms with Gasteiger partial charge in [0.15, 0.2) is 0 Å². The minimum absolute atomic E-state index is 0.184. The fraction of sp³-hybridized carbons (Fsp3) is 0.625. The van der Waals surface area contributed by atoms with E-state index in [2.05, 4.69) is 28.9 Å². The molecule has 1 aliphatic rings. The molecule has 5 nitrogen and oxygen atoms in total. The van der Waals surface area contributed by atoms with Crippen LogP contribution in [0.3, 0.4) is 0 Å². The van der Waals surface area contributed by atoms with Crippen LogP contribution in [-0.2, 0) is 11.3 Å². The molecule has 1 fully saturated rings. The fourth-order valence-corrected chi connectivity index (χ4v) is 2.75. The van der Waals surface area contributed by atoms with Crippen LogP contribution in [-0.4, -0.2) is 72.4 Å². The highest BCUT2D eigenvalue weighted by Gasteiger charge is 2.26. The molecule has 1 unspecified atom stereocenters. The first kappa shape index (κ1) is 15.9. The van der Waals surface area contributed by atoms with Gasteiger partial charge in [0.1, 0.15) is 0 Å². The van der Waals surface area contributed by atoms with Crippen molar-refractivity contribution in [1.82, 2.24) is 19.7 Å². The molecule has 1 aromatic rings. The molecule has 5 heteroatoms. The Morgan fingerprint density at radius 2 is 2.19 bits per heavy atom. The van der Waals surface area contributed by atoms with Crippen molar-refractivity contribution in [2.75, 3.05) is 40.8 Å². The normalized spacial score (nSPS) is 19.2. The lowest BCUT2D eigenvalue weighted by atomic mass is 10.2. The van der Waals surface area contributed by atoms with Gasteiger partial charge in [0, 0.05) is 44.6 Å². The lowest BCUT2D eigenvalue weighted by Crippen LogP contribution is -2.38. The smallest absolute Gasteiger partial charge is 0.236 e. The third kappa shape index (κ3) is 4.51. The molecule has 21 heavy (non-hydrogen) atoms. The van der Waals surface area contributed by atoms with E-state index in [0.29, 0.717) is 19.1 Å². The molecule has 1 aromatic heterocycles. The zero-order chi connectivity index (χ0) is 15.4. The molecule has 1 saturated heterocycles. The Hall–Kier alpha value is -1.46. The number of nitrogens with zero attached hydrogens (tertiary/aromatic N) is 4. The van der Waals surface area contributed by atoms with Crippen LogP contribution in [0.5, 0.6) is 0 Å². The van der Waals surface area contributed by atoms with Gasteiger partial charge in [0.25, 0.3) is 0 Å². The number of hydrogen-bond acceptors (Lipinski definition) is 4. The number of carbonyl (C=O) groups excluding carboxylic acids is 1. The van der Waals surface area contributed by atoms with E-state index in [1.165, 1.54) is 0 Å². The number of hydrogen-bond donors (Lipinski definition) is 0. The highest BCUT2D eigenvalue weighted by Crippen LogP contribution is 2.13. The van der Waals surface area contributed by atoms with Crippen LogP contribution in [0.1, 0.15) is 17.7 Å². The first-order valence-electron chi connectivity index (χ1n) is 7.50. The number of likely N-dealkylation sites (N-methyl/N-ethyl adjacent to an activating group) is 2. The second-order valence-corrected chi connectivity index (χ2v) is 6.20. The zero-order valence-corrected chi connectivity index (χ0v) is 13.5. The summed E-state index contributed by atoms with van der Waals surface area (Å²) in [5, 5.41) is 0. The van der Waals surface area contributed by atoms with Crippen LogP contribution >= 0.6 is 0 Å². The summed E-state index contributed by atoms with van der Waals surface area (Å²) in [6, 6.07) is 4.57. The number of amides is 1. The van der Waals surface area contributed by atoms with Crippen molar-refractivity contribution in [1.29, 1.82) is 0 Å². The monoisotopic (exact) mass is 290 g/mol. The Labute approximate surface area is 127 Å². The maximum absolute atomic E-state index is 12.3. The average molecular weight is 290 g/mol. The summed E-state index contributed by atoms with van der Waals surface area (Å²) in [4.78, 5) is 22.8. The average Bonchev–Trinajstić information content (AvgIpc) is 2.87. The molecule has 1 aliphatic heterocycles. The van der Waals surface area contributed by atoms with Gasteiger partial charge in [-0.1, -0.05) is 0 Å². The number of aromatic nitrogens is 1. The molecule has 0 aromatic carbocycles. The molecule has 0 radical (unpaired) electrons. The first-order valence-corrected chi connectivity index (χ1v) is 7.50. The summed E-state index contributed by atoms with van der Waals surface area (Å²) in [6.07, 6.45) is 2.94. The van der Waals surface area contributed by atoms with Gasteiger partial charge in [0.05, 0.1) is 6.54 Å². The molecule has 2 heterocycles. The molecule has 2 rings (SSSR count). The molecule has 0 saturated carbocycles. The van der Waals surface area contributed by atoms with Crippen LogP contribution in [0.4, 0.5) is 0 Å². The standard InChI is InChI=1S/C16H26N4O/c1-13-9-14(5-7-17-13)10-19(4)16(21)12-20-8-6-15(11-20)18(2)3/h5,7,9,15H,6,8,10-12H2,1-4H3. The molecule has 1 amide bonds. The van der Waals surface area contributed by atoms with Crippen LogP contribution in [0.15, 0.2) is 18.3 Å². The van der Waals surface area contributed by atoms with E-state index in [1.807, 2.05) is 26.1 Å². The zero-order valence-electron chi connectivity index (χ0n) is 13.5. The molecular formula is C16H26N4O. The van der Waals surface area contributed by atoms with Gasteiger partial charge < -0.3 is 9.80 Å². The minimum Gasteiger partial charge on any atom is -0.340 e. The van der Waals surface area contributed by atoms with E-state index >= 15 is 0 Å². The van der Waals surface area contributed by atoms with Crippen LogP contribution < -0.4 is 0 Å². The molecule has 1 atom stereocenters. The molecular weight excluding hydrogens is 264 g/mol. The van der Waals surface area contributed by atoms with Gasteiger partial charge >= 0.3 is 0 Å². The third-order valence-corrected chi connectivity index (χ3v) is 4.14. The van der Waals surface area contributed by atoms with Crippen molar-refractivity contribution in [2.45, 2.75) is 25.9 Å². The minimum atomic E-state index is 0.184. The van der Waals surface area contributed by atoms with Gasteiger partial charge in [-0.2, -0.15) is 0 Å². The Balaban J connectivity index is 1.83. The lowest BCUT2D eigenvalue weighted by Gasteiger charge is -2.23. The maximum Gasteiger partial charge on any atom is 0.236 e. The number of carbonyl (C=O) groups is 1. The van der Waals surface area contributed by atoms with Gasteiger partial charge in [0.2, 0.25) is 5.91 Å². The summed E-state index contributed by atoms with van der Waals surface area (Å²) >= 11 is 0. The molecule has 116 valence electrons. The predicted molar refractivity (Wildman–Crippen MR) is 84.0 cm³/mol. The van der Waals surface area contributed by atoms with E-state index < -0.39 is 0 Å². The molecule has 0 aliphatic carbocycles. The van der Waals surface area contributed by atoms with Crippen LogP contribution in [0.2, 0.25) is 0 Å². The fourth-order valence-electron chi connectivity index (χ4n) is 2.75. The number of pyridine rings is 1. The summed E-state index contributed by atoms with van der Waals surface area (Å²) < 4.78 is 0. The molecule has 0 spiro atoms. The number of rotatable bonds is 5. The summed E-state index contributed by atoms with van der Waals surface area (Å²) in [6.45, 7) is 5.13. The van der Waals surface area contributed by atoms with Crippen molar-refractivity contribution in [3.63, 3.8) is 0 Å². The van der Waals surface area contributed by atoms with Gasteiger partial charge in [-0.25, -0.2) is 0 Å². The first-order chi connectivity index (χ1) is 9.95. The largest absolute Gasteiger partial charge is 0.340 e. The Kier molecular flexibility index (Phi) is 5.31. The van der Waals surface area contributed by atoms with Gasteiger partial charge in [-0.05, 0) is 45.1 Å². The van der Waals surface area contributed by atoms with Crippen molar-refractivity contribution < 1.29 is 4.79 Å². The highest BCUT2D eigenvalue weighted by molar-refractivity contribution is 5.78. The van der Waals surface area contributed by atoms with E-state index in [1.54, 1.807) is 11.1 Å². The Morgan fingerprint density at radius 1 is 1.43 bits per heavy atom. The summed E-state index contributed by atoms with van der Waals surface area (Å²) in [5.41, 5.74) is 2.12. The van der Waals surface area contributed by atoms with Gasteiger partial charge in [-0.15, -0.1) is 0 Å². The second-order valence-electron chi connectivity index (χ2n) is 6.20. The maximum atomic E-state index is 12.3. The van der Waals surface area contributed by atoms with Crippen LogP contribution in [0, 0.1) is 6.92 Å². The highest BCUT2D eigenvalue weighted by atomic mass is 16.2. The van der Waals surface area contributed by atoms with E-state index in [0.717, 1.165) is 30.8 Å². The summed E-state index contributed by atoms with van der Waals surface area (Å²) in [7, 11) is 6.08. The Bertz CT molecular complexity index is 489. The van der Waals surface area contributed by atoms with Crippen molar-refractivity contribution in [3.8, 4) is 0 Å². The Morgan fingerprint density at radius 3 is 2.81 bits per heavy atom. The van der Waals surface area contributed by atoms with Crippen LogP contribution in [0.25, 0.3) is 0 Å². The topological polar surface area (TPSA) is 39.7 Å². The van der Waals surface area contributed by atoms with E-state index in [9.17, 15) is 4.79 Å². The van der Waals surface area contributed by atoms with Crippen molar-refractivity contribution >= 4 is 5.91 Å². The number of aryl methyl sites for hydroxylation is 1. The van der Waals surface area contributed by atoms with Gasteiger partial charge in [-0.3, -0.25) is 14.7 Å². The SMILES string of the molecule is Cc1cc(CN(C)C(=O)CN2CCC(N(C)C)C2)ccn1. The van der Waals surface area contributed by atoms with Crippen molar-refractivity contribution in [2.24, 2.45) is 0 Å². The third-order valence-electron chi connectivity index (χ3n) is 4.14. The van der Waals surface area contributed by atoms with Crippen molar-refractivity contribution in [3.05, 3.63) is 29.6 Å². The summed E-state index contributed by atoms with van der Waals surface area (Å²) in [5.74, 6) is 0.184.